The summed E-state index contributed by atoms with van der Waals surface area (Å²) in [5.74, 6) is -1.74. The average molecular weight is 571 g/mol. The lowest BCUT2D eigenvalue weighted by molar-refractivity contribution is -0.385. The van der Waals surface area contributed by atoms with E-state index in [-0.39, 0.29) is 11.1 Å². The molecular weight excluding hydrogens is 554 g/mol. The summed E-state index contributed by atoms with van der Waals surface area (Å²) in [6.07, 6.45) is 0. The fraction of sp³-hybridized carbons (Fsp3) is 0.160. The topological polar surface area (TPSA) is 110 Å². The first-order valence-corrected chi connectivity index (χ1v) is 11.9. The van der Waals surface area contributed by atoms with Crippen LogP contribution in [-0.2, 0) is 4.79 Å². The van der Waals surface area contributed by atoms with Gasteiger partial charge in [0.15, 0.2) is 0 Å². The zero-order valence-electron chi connectivity index (χ0n) is 18.9. The molecule has 0 bridgehead atoms. The first-order chi connectivity index (χ1) is 17.2. The summed E-state index contributed by atoms with van der Waals surface area (Å²) < 4.78 is 6.24. The maximum absolute atomic E-state index is 13.7. The predicted octanol–water partition coefficient (Wildman–Crippen LogP) is 5.08. The Morgan fingerprint density at radius 3 is 2.42 bits per heavy atom. The molecule has 5 rings (SSSR count). The van der Waals surface area contributed by atoms with Crippen LogP contribution in [0.1, 0.15) is 37.9 Å². The van der Waals surface area contributed by atoms with Crippen molar-refractivity contribution in [3.05, 3.63) is 96.5 Å². The standard InChI is InChI=1S/C25H17BrClN3O6/c1-12-16(27)6-4-7-17(12)28-21(15-11-13(26)9-10-19(15)36-2)22(25(28)33)29-23(31)14-5-3-8-18(30(34)35)20(14)24(29)32/h3-11,21-22H,1-2H3. The van der Waals surface area contributed by atoms with Crippen LogP contribution in [0.4, 0.5) is 11.4 Å². The van der Waals surface area contributed by atoms with Crippen molar-refractivity contribution in [1.82, 2.24) is 4.90 Å². The number of rotatable bonds is 5. The second kappa shape index (κ2) is 8.72. The van der Waals surface area contributed by atoms with E-state index < -0.39 is 40.4 Å². The van der Waals surface area contributed by atoms with E-state index in [9.17, 15) is 24.5 Å². The van der Waals surface area contributed by atoms with Gasteiger partial charge in [0, 0.05) is 26.8 Å². The van der Waals surface area contributed by atoms with Gasteiger partial charge in [-0.05, 0) is 48.9 Å². The van der Waals surface area contributed by atoms with E-state index in [1.54, 1.807) is 43.3 Å². The van der Waals surface area contributed by atoms with Crippen LogP contribution in [0.3, 0.4) is 0 Å². The Hall–Kier alpha value is -3.76. The van der Waals surface area contributed by atoms with Crippen LogP contribution in [0.15, 0.2) is 59.1 Å². The van der Waals surface area contributed by atoms with Gasteiger partial charge in [0.2, 0.25) is 0 Å². The number of nitro groups is 1. The number of β-lactam (4-membered cyclic amide) rings is 1. The van der Waals surface area contributed by atoms with Crippen molar-refractivity contribution in [3.63, 3.8) is 0 Å². The fourth-order valence-electron chi connectivity index (χ4n) is 4.79. The lowest BCUT2D eigenvalue weighted by atomic mass is 9.85. The van der Waals surface area contributed by atoms with Gasteiger partial charge in [-0.2, -0.15) is 0 Å². The van der Waals surface area contributed by atoms with Gasteiger partial charge in [-0.25, -0.2) is 0 Å². The Morgan fingerprint density at radius 2 is 1.72 bits per heavy atom. The van der Waals surface area contributed by atoms with Crippen LogP contribution < -0.4 is 9.64 Å². The van der Waals surface area contributed by atoms with Crippen LogP contribution in [0.25, 0.3) is 0 Å². The van der Waals surface area contributed by atoms with Crippen molar-refractivity contribution in [2.45, 2.75) is 19.0 Å². The Labute approximate surface area is 218 Å². The lowest BCUT2D eigenvalue weighted by Crippen LogP contribution is -2.67. The van der Waals surface area contributed by atoms with E-state index in [1.165, 1.54) is 24.1 Å². The molecule has 0 aromatic heterocycles. The molecule has 9 nitrogen and oxygen atoms in total. The van der Waals surface area contributed by atoms with Gasteiger partial charge >= 0.3 is 0 Å². The molecule has 2 aliphatic rings. The number of imide groups is 1. The van der Waals surface area contributed by atoms with E-state index >= 15 is 0 Å². The molecule has 11 heteroatoms. The van der Waals surface area contributed by atoms with Gasteiger partial charge in [0.25, 0.3) is 23.4 Å². The largest absolute Gasteiger partial charge is 0.496 e. The van der Waals surface area contributed by atoms with Crippen LogP contribution in [0, 0.1) is 17.0 Å². The molecule has 3 amide bonds. The number of benzene rings is 3. The van der Waals surface area contributed by atoms with E-state index in [0.29, 0.717) is 32.1 Å². The number of nitro benzene ring substituents is 1. The number of hydrogen-bond acceptors (Lipinski definition) is 6. The van der Waals surface area contributed by atoms with Crippen LogP contribution in [0.5, 0.6) is 5.75 Å². The maximum Gasteiger partial charge on any atom is 0.282 e. The van der Waals surface area contributed by atoms with Gasteiger partial charge in [0.05, 0.1) is 23.6 Å². The van der Waals surface area contributed by atoms with Gasteiger partial charge in [0.1, 0.15) is 17.4 Å². The van der Waals surface area contributed by atoms with Gasteiger partial charge < -0.3 is 4.74 Å². The van der Waals surface area contributed by atoms with Gasteiger partial charge in [-0.3, -0.25) is 34.3 Å². The van der Waals surface area contributed by atoms with E-state index in [4.69, 9.17) is 16.3 Å². The summed E-state index contributed by atoms with van der Waals surface area (Å²) in [5, 5.41) is 12.0. The highest BCUT2D eigenvalue weighted by atomic mass is 79.9. The van der Waals surface area contributed by atoms with Crippen molar-refractivity contribution in [3.8, 4) is 5.75 Å². The molecule has 0 radical (unpaired) electrons. The molecular formula is C25H17BrClN3O6. The highest BCUT2D eigenvalue weighted by molar-refractivity contribution is 9.10. The first kappa shape index (κ1) is 24.0. The third-order valence-electron chi connectivity index (χ3n) is 6.48. The lowest BCUT2D eigenvalue weighted by Gasteiger charge is -2.50. The third-order valence-corrected chi connectivity index (χ3v) is 7.38. The number of anilines is 1. The van der Waals surface area contributed by atoms with Crippen molar-refractivity contribution < 1.29 is 24.0 Å². The Morgan fingerprint density at radius 1 is 1.00 bits per heavy atom. The minimum atomic E-state index is -1.25. The number of nitrogens with zero attached hydrogens (tertiary/aromatic N) is 3. The summed E-state index contributed by atoms with van der Waals surface area (Å²) in [7, 11) is 1.47. The SMILES string of the molecule is COc1ccc(Br)cc1C1C(N2C(=O)c3cccc([N+](=O)[O-])c3C2=O)C(=O)N1c1cccc(Cl)c1C. The molecule has 1 fully saturated rings. The second-order valence-corrected chi connectivity index (χ2v) is 9.63. The number of carbonyl (C=O) groups excluding carboxylic acids is 3. The number of ether oxygens (including phenoxy) is 1. The van der Waals surface area contributed by atoms with Crippen molar-refractivity contribution >= 4 is 56.6 Å². The summed E-state index contributed by atoms with van der Waals surface area (Å²) in [5.41, 5.74) is 0.777. The molecule has 182 valence electrons. The molecule has 0 spiro atoms. The molecule has 36 heavy (non-hydrogen) atoms. The molecule has 0 N–H and O–H groups in total. The maximum atomic E-state index is 13.7. The van der Waals surface area contributed by atoms with Gasteiger partial charge in [-0.1, -0.05) is 39.7 Å². The molecule has 0 saturated carbocycles. The summed E-state index contributed by atoms with van der Waals surface area (Å²) in [4.78, 5) is 53.6. The monoisotopic (exact) mass is 569 g/mol. The first-order valence-electron chi connectivity index (χ1n) is 10.7. The number of amides is 3. The predicted molar refractivity (Wildman–Crippen MR) is 134 cm³/mol. The number of carbonyl (C=O) groups is 3. The second-order valence-electron chi connectivity index (χ2n) is 8.31. The molecule has 2 atom stereocenters. The molecule has 2 unspecified atom stereocenters. The van der Waals surface area contributed by atoms with Crippen LogP contribution in [-0.4, -0.2) is 40.7 Å². The van der Waals surface area contributed by atoms with Gasteiger partial charge in [-0.15, -0.1) is 0 Å². The molecule has 2 aliphatic heterocycles. The molecule has 0 aliphatic carbocycles. The Bertz CT molecular complexity index is 1490. The Balaban J connectivity index is 1.68. The number of methoxy groups -OCH3 is 1. The Kier molecular flexibility index (Phi) is 5.80. The van der Waals surface area contributed by atoms with Crippen molar-refractivity contribution in [2.24, 2.45) is 0 Å². The third kappa shape index (κ3) is 3.40. The molecule has 1 saturated heterocycles. The zero-order valence-corrected chi connectivity index (χ0v) is 21.2. The summed E-state index contributed by atoms with van der Waals surface area (Å²) in [6, 6.07) is 12.1. The number of fused-ring (bicyclic) bond motifs is 1. The van der Waals surface area contributed by atoms with E-state index in [0.717, 1.165) is 11.0 Å². The minimum absolute atomic E-state index is 0.112. The number of hydrogen-bond donors (Lipinski definition) is 0. The highest BCUT2D eigenvalue weighted by Crippen LogP contribution is 2.49. The van der Waals surface area contributed by atoms with Crippen molar-refractivity contribution in [2.75, 3.05) is 12.0 Å². The fourth-order valence-corrected chi connectivity index (χ4v) is 5.34. The number of halogens is 2. The van der Waals surface area contributed by atoms with E-state index in [2.05, 4.69) is 15.9 Å². The average Bonchev–Trinajstić information content (AvgIpc) is 3.10. The minimum Gasteiger partial charge on any atom is -0.496 e. The summed E-state index contributed by atoms with van der Waals surface area (Å²) in [6.45, 7) is 1.76. The summed E-state index contributed by atoms with van der Waals surface area (Å²) >= 11 is 9.77. The van der Waals surface area contributed by atoms with E-state index in [1.807, 2.05) is 0 Å². The molecule has 3 aromatic rings. The molecule has 2 heterocycles. The molecule has 3 aromatic carbocycles. The normalized spacial score (nSPS) is 18.8. The smallest absolute Gasteiger partial charge is 0.282 e. The quantitative estimate of drug-likeness (QED) is 0.183. The van der Waals surface area contributed by atoms with Crippen molar-refractivity contribution in [1.29, 1.82) is 0 Å². The van der Waals surface area contributed by atoms with Crippen LogP contribution >= 0.6 is 27.5 Å². The highest BCUT2D eigenvalue weighted by Gasteiger charge is 2.59. The van der Waals surface area contributed by atoms with Crippen LogP contribution in [0.2, 0.25) is 5.02 Å². The zero-order chi connectivity index (χ0) is 25.9.